The SMILES string of the molecule is CCOC(=O)C1=C(C)N=c2s/c(=C/c3cc(C)n(-c4ccc(F)cc4)c3C)c(=O)n2[C@H]1c1ccc(OC)c(Br)c1. The Hall–Kier alpha value is -3.76. The second kappa shape index (κ2) is 11.0. The summed E-state index contributed by atoms with van der Waals surface area (Å²) in [5, 5.41) is 0. The van der Waals surface area contributed by atoms with Gasteiger partial charge in [-0.05, 0) is 103 Å². The van der Waals surface area contributed by atoms with E-state index in [1.807, 2.05) is 42.7 Å². The van der Waals surface area contributed by atoms with E-state index in [1.54, 1.807) is 43.7 Å². The van der Waals surface area contributed by atoms with Crippen LogP contribution in [0.4, 0.5) is 4.39 Å². The molecule has 7 nitrogen and oxygen atoms in total. The Morgan fingerprint density at radius 2 is 1.88 bits per heavy atom. The monoisotopic (exact) mass is 623 g/mol. The molecule has 40 heavy (non-hydrogen) atoms. The molecule has 0 N–H and O–H groups in total. The van der Waals surface area contributed by atoms with Crippen molar-refractivity contribution in [2.45, 2.75) is 33.7 Å². The van der Waals surface area contributed by atoms with E-state index in [0.29, 0.717) is 36.4 Å². The zero-order chi connectivity index (χ0) is 28.7. The van der Waals surface area contributed by atoms with E-state index >= 15 is 0 Å². The highest BCUT2D eigenvalue weighted by Crippen LogP contribution is 2.35. The second-order valence-corrected chi connectivity index (χ2v) is 11.2. The summed E-state index contributed by atoms with van der Waals surface area (Å²) >= 11 is 4.80. The Balaban J connectivity index is 1.70. The molecule has 2 aromatic carbocycles. The van der Waals surface area contributed by atoms with Gasteiger partial charge in [-0.2, -0.15) is 0 Å². The predicted octanol–water partition coefficient (Wildman–Crippen LogP) is 5.12. The quantitative estimate of drug-likeness (QED) is 0.280. The molecule has 4 aromatic rings. The molecule has 0 fully saturated rings. The number of benzene rings is 2. The summed E-state index contributed by atoms with van der Waals surface area (Å²) in [6.07, 6.45) is 1.84. The summed E-state index contributed by atoms with van der Waals surface area (Å²) in [7, 11) is 1.57. The van der Waals surface area contributed by atoms with Gasteiger partial charge in [0.25, 0.3) is 5.56 Å². The number of thiazole rings is 1. The number of carbonyl (C=O) groups excluding carboxylic acids is 1. The number of carbonyl (C=O) groups is 1. The lowest BCUT2D eigenvalue weighted by Crippen LogP contribution is -2.40. The maximum Gasteiger partial charge on any atom is 0.338 e. The van der Waals surface area contributed by atoms with Gasteiger partial charge in [0.05, 0.1) is 40.0 Å². The minimum absolute atomic E-state index is 0.197. The van der Waals surface area contributed by atoms with Crippen LogP contribution in [-0.2, 0) is 9.53 Å². The van der Waals surface area contributed by atoms with E-state index < -0.39 is 12.0 Å². The Bertz CT molecular complexity index is 1850. The van der Waals surface area contributed by atoms with Crippen molar-refractivity contribution < 1.29 is 18.7 Å². The molecule has 3 heterocycles. The van der Waals surface area contributed by atoms with Crippen LogP contribution in [0.2, 0.25) is 0 Å². The zero-order valence-corrected chi connectivity index (χ0v) is 25.0. The summed E-state index contributed by atoms with van der Waals surface area (Å²) in [4.78, 5) is 32.3. The number of rotatable bonds is 6. The molecule has 10 heteroatoms. The van der Waals surface area contributed by atoms with E-state index in [9.17, 15) is 14.0 Å². The number of aryl methyl sites for hydroxylation is 1. The molecule has 0 bridgehead atoms. The van der Waals surface area contributed by atoms with Crippen molar-refractivity contribution in [2.75, 3.05) is 13.7 Å². The first-order valence-electron chi connectivity index (χ1n) is 12.6. The normalized spacial score (nSPS) is 15.2. The van der Waals surface area contributed by atoms with Gasteiger partial charge in [0.1, 0.15) is 11.6 Å². The van der Waals surface area contributed by atoms with Crippen LogP contribution < -0.4 is 19.6 Å². The maximum absolute atomic E-state index is 14.0. The number of nitrogens with zero attached hydrogens (tertiary/aromatic N) is 3. The van der Waals surface area contributed by atoms with Gasteiger partial charge in [-0.25, -0.2) is 14.2 Å². The molecule has 1 aliphatic rings. The van der Waals surface area contributed by atoms with Crippen molar-refractivity contribution in [1.29, 1.82) is 0 Å². The molecule has 206 valence electrons. The summed E-state index contributed by atoms with van der Waals surface area (Å²) in [5.41, 5.74) is 4.81. The molecule has 2 aromatic heterocycles. The fourth-order valence-electron chi connectivity index (χ4n) is 5.02. The molecule has 1 atom stereocenters. The van der Waals surface area contributed by atoms with Gasteiger partial charge in [0, 0.05) is 17.1 Å². The van der Waals surface area contributed by atoms with Crippen molar-refractivity contribution in [1.82, 2.24) is 9.13 Å². The van der Waals surface area contributed by atoms with Crippen LogP contribution in [0.5, 0.6) is 5.75 Å². The van der Waals surface area contributed by atoms with Crippen molar-refractivity contribution in [2.24, 2.45) is 4.99 Å². The lowest BCUT2D eigenvalue weighted by molar-refractivity contribution is -0.139. The van der Waals surface area contributed by atoms with Gasteiger partial charge in [-0.15, -0.1) is 0 Å². The lowest BCUT2D eigenvalue weighted by atomic mass is 9.96. The minimum Gasteiger partial charge on any atom is -0.496 e. The molecule has 0 amide bonds. The number of hydrogen-bond donors (Lipinski definition) is 0. The molecule has 1 aliphatic heterocycles. The molecule has 0 aliphatic carbocycles. The van der Waals surface area contributed by atoms with E-state index in [0.717, 1.165) is 22.6 Å². The Labute approximate surface area is 242 Å². The van der Waals surface area contributed by atoms with Gasteiger partial charge < -0.3 is 14.0 Å². The van der Waals surface area contributed by atoms with Crippen LogP contribution in [0, 0.1) is 19.7 Å². The fraction of sp³-hybridized carbons (Fsp3) is 0.233. The van der Waals surface area contributed by atoms with E-state index in [4.69, 9.17) is 9.47 Å². The fourth-order valence-corrected chi connectivity index (χ4v) is 6.62. The van der Waals surface area contributed by atoms with Gasteiger partial charge in [-0.1, -0.05) is 17.4 Å². The van der Waals surface area contributed by atoms with Crippen molar-refractivity contribution in [3.05, 3.63) is 112 Å². The van der Waals surface area contributed by atoms with E-state index in [2.05, 4.69) is 20.9 Å². The average molecular weight is 625 g/mol. The van der Waals surface area contributed by atoms with Gasteiger partial charge in [0.2, 0.25) is 0 Å². The Morgan fingerprint density at radius 3 is 2.52 bits per heavy atom. The third kappa shape index (κ3) is 4.86. The highest BCUT2D eigenvalue weighted by Gasteiger charge is 2.33. The van der Waals surface area contributed by atoms with Crippen molar-refractivity contribution in [3.8, 4) is 11.4 Å². The molecular weight excluding hydrogens is 597 g/mol. The number of esters is 1. The smallest absolute Gasteiger partial charge is 0.338 e. The summed E-state index contributed by atoms with van der Waals surface area (Å²) < 4.78 is 29.0. The highest BCUT2D eigenvalue weighted by molar-refractivity contribution is 9.10. The lowest BCUT2D eigenvalue weighted by Gasteiger charge is -2.25. The van der Waals surface area contributed by atoms with Gasteiger partial charge in [-0.3, -0.25) is 9.36 Å². The molecule has 0 saturated heterocycles. The molecule has 0 spiro atoms. The Morgan fingerprint density at radius 1 is 1.15 bits per heavy atom. The number of allylic oxidation sites excluding steroid dienone is 1. The Kier molecular flexibility index (Phi) is 7.65. The molecule has 5 rings (SSSR count). The van der Waals surface area contributed by atoms with Crippen LogP contribution in [-0.4, -0.2) is 28.8 Å². The molecule has 0 unspecified atom stereocenters. The van der Waals surface area contributed by atoms with Gasteiger partial charge in [0.15, 0.2) is 4.80 Å². The summed E-state index contributed by atoms with van der Waals surface area (Å²) in [6.45, 7) is 7.62. The maximum atomic E-state index is 14.0. The number of halogens is 2. The topological polar surface area (TPSA) is 74.8 Å². The third-order valence-electron chi connectivity index (χ3n) is 6.85. The standard InChI is InChI=1S/C30H27BrFN3O4S/c1-6-39-29(37)26-17(3)33-30-35(27(26)19-7-12-24(38-5)23(31)14-19)28(36)25(40-30)15-20-13-16(2)34(18(20)4)22-10-8-21(32)9-11-22/h7-15,27H,6H2,1-5H3/b25-15+/t27-/m0/s1. The number of hydrogen-bond acceptors (Lipinski definition) is 6. The van der Waals surface area contributed by atoms with Crippen LogP contribution in [0.3, 0.4) is 0 Å². The summed E-state index contributed by atoms with van der Waals surface area (Å²) in [5.74, 6) is -0.188. The molecule has 0 radical (unpaired) electrons. The first-order chi connectivity index (χ1) is 19.1. The number of methoxy groups -OCH3 is 1. The van der Waals surface area contributed by atoms with E-state index in [1.165, 1.54) is 23.5 Å². The number of ether oxygens (including phenoxy) is 2. The van der Waals surface area contributed by atoms with Crippen molar-refractivity contribution >= 4 is 39.3 Å². The second-order valence-electron chi connectivity index (χ2n) is 9.33. The largest absolute Gasteiger partial charge is 0.496 e. The minimum atomic E-state index is -0.730. The average Bonchev–Trinajstić information content (AvgIpc) is 3.37. The highest BCUT2D eigenvalue weighted by atomic mass is 79.9. The van der Waals surface area contributed by atoms with Crippen LogP contribution in [0.25, 0.3) is 11.8 Å². The first-order valence-corrected chi connectivity index (χ1v) is 14.2. The van der Waals surface area contributed by atoms with Crippen molar-refractivity contribution in [3.63, 3.8) is 0 Å². The molecular formula is C30H27BrFN3O4S. The van der Waals surface area contributed by atoms with Crippen LogP contribution in [0.1, 0.15) is 42.4 Å². The zero-order valence-electron chi connectivity index (χ0n) is 22.6. The third-order valence-corrected chi connectivity index (χ3v) is 8.45. The number of fused-ring (bicyclic) bond motifs is 1. The van der Waals surface area contributed by atoms with E-state index in [-0.39, 0.29) is 18.0 Å². The van der Waals surface area contributed by atoms with Crippen LogP contribution in [0.15, 0.2) is 74.1 Å². The first kappa shape index (κ1) is 27.8. The van der Waals surface area contributed by atoms with Gasteiger partial charge >= 0.3 is 5.97 Å². The predicted molar refractivity (Wildman–Crippen MR) is 156 cm³/mol. The number of aromatic nitrogens is 2. The van der Waals surface area contributed by atoms with Crippen LogP contribution >= 0.6 is 27.3 Å². The molecule has 0 saturated carbocycles. The summed E-state index contributed by atoms with van der Waals surface area (Å²) in [6, 6.07) is 13.0.